The Morgan fingerprint density at radius 3 is 2.38 bits per heavy atom. The van der Waals surface area contributed by atoms with Crippen molar-refractivity contribution in [2.24, 2.45) is 0 Å². The topological polar surface area (TPSA) is 70.7 Å². The molecule has 0 saturated heterocycles. The van der Waals surface area contributed by atoms with Gasteiger partial charge < -0.3 is 15.4 Å². The Labute approximate surface area is 173 Å². The molecule has 156 valence electrons. The molecule has 2 amide bonds. The van der Waals surface area contributed by atoms with Crippen LogP contribution in [0.1, 0.15) is 37.9 Å². The first kappa shape index (κ1) is 22.4. The van der Waals surface area contributed by atoms with Crippen molar-refractivity contribution >= 4 is 17.5 Å². The number of anilines is 1. The van der Waals surface area contributed by atoms with E-state index in [2.05, 4.69) is 10.6 Å². The Hall–Kier alpha value is -2.86. The summed E-state index contributed by atoms with van der Waals surface area (Å²) in [5.74, 6) is 0.277. The summed E-state index contributed by atoms with van der Waals surface area (Å²) in [6.07, 6.45) is 0. The summed E-state index contributed by atoms with van der Waals surface area (Å²) < 4.78 is 5.39. The molecule has 0 aliphatic rings. The predicted octanol–water partition coefficient (Wildman–Crippen LogP) is 3.53. The molecule has 0 saturated carbocycles. The van der Waals surface area contributed by atoms with Gasteiger partial charge in [0.05, 0.1) is 19.3 Å². The fraction of sp³-hybridized carbons (Fsp3) is 0.391. The molecule has 0 radical (unpaired) electrons. The fourth-order valence-electron chi connectivity index (χ4n) is 3.22. The van der Waals surface area contributed by atoms with Crippen LogP contribution >= 0.6 is 0 Å². The van der Waals surface area contributed by atoms with E-state index >= 15 is 0 Å². The molecule has 6 nitrogen and oxygen atoms in total. The number of amides is 2. The van der Waals surface area contributed by atoms with Gasteiger partial charge in [-0.2, -0.15) is 0 Å². The minimum Gasteiger partial charge on any atom is -0.495 e. The molecule has 2 aromatic rings. The van der Waals surface area contributed by atoms with Crippen molar-refractivity contribution in [1.82, 2.24) is 10.2 Å². The van der Waals surface area contributed by atoms with Crippen molar-refractivity contribution in [2.45, 2.75) is 39.8 Å². The molecule has 0 fully saturated rings. The second-order valence-electron chi connectivity index (χ2n) is 7.29. The number of aryl methyl sites for hydroxylation is 1. The Bertz CT molecular complexity index is 821. The number of hydrogen-bond donors (Lipinski definition) is 2. The van der Waals surface area contributed by atoms with E-state index in [-0.39, 0.29) is 24.4 Å². The zero-order valence-electron chi connectivity index (χ0n) is 17.9. The van der Waals surface area contributed by atoms with E-state index in [4.69, 9.17) is 4.74 Å². The monoisotopic (exact) mass is 397 g/mol. The first-order chi connectivity index (χ1) is 13.8. The van der Waals surface area contributed by atoms with Crippen LogP contribution < -0.4 is 15.4 Å². The largest absolute Gasteiger partial charge is 0.495 e. The first-order valence-electron chi connectivity index (χ1n) is 9.89. The normalized spacial score (nSPS) is 12.0. The molecule has 0 aliphatic heterocycles. The number of ether oxygens (including phenoxy) is 1. The second kappa shape index (κ2) is 10.6. The molecule has 2 rings (SSSR count). The van der Waals surface area contributed by atoms with E-state index in [9.17, 15) is 9.59 Å². The van der Waals surface area contributed by atoms with Gasteiger partial charge in [0.25, 0.3) is 0 Å². The van der Waals surface area contributed by atoms with E-state index in [0.717, 1.165) is 11.1 Å². The summed E-state index contributed by atoms with van der Waals surface area (Å²) in [5.41, 5.74) is 2.46. The van der Waals surface area contributed by atoms with Gasteiger partial charge in [-0.25, -0.2) is 0 Å². The highest BCUT2D eigenvalue weighted by atomic mass is 16.5. The maximum atomic E-state index is 13.4. The molecular weight excluding hydrogens is 366 g/mol. The summed E-state index contributed by atoms with van der Waals surface area (Å²) in [4.78, 5) is 27.6. The Morgan fingerprint density at radius 2 is 1.79 bits per heavy atom. The van der Waals surface area contributed by atoms with Crippen molar-refractivity contribution in [3.63, 3.8) is 0 Å². The van der Waals surface area contributed by atoms with Gasteiger partial charge in [0.2, 0.25) is 11.8 Å². The summed E-state index contributed by atoms with van der Waals surface area (Å²) in [6.45, 7) is 8.41. The van der Waals surface area contributed by atoms with Crippen LogP contribution in [0.3, 0.4) is 0 Å². The average Bonchev–Trinajstić information content (AvgIpc) is 2.67. The molecule has 1 unspecified atom stereocenters. The van der Waals surface area contributed by atoms with Gasteiger partial charge in [0, 0.05) is 6.04 Å². The zero-order valence-corrected chi connectivity index (χ0v) is 17.9. The van der Waals surface area contributed by atoms with Crippen molar-refractivity contribution in [2.75, 3.05) is 25.5 Å². The minimum absolute atomic E-state index is 0.0433. The molecule has 0 heterocycles. The Kier molecular flexibility index (Phi) is 8.21. The third-order valence-corrected chi connectivity index (χ3v) is 4.54. The fourth-order valence-corrected chi connectivity index (χ4v) is 3.22. The molecule has 2 aromatic carbocycles. The second-order valence-corrected chi connectivity index (χ2v) is 7.29. The molecule has 0 bridgehead atoms. The number of rotatable bonds is 9. The van der Waals surface area contributed by atoms with Gasteiger partial charge in [-0.05, 0) is 50.6 Å². The van der Waals surface area contributed by atoms with Gasteiger partial charge in [0.1, 0.15) is 11.8 Å². The van der Waals surface area contributed by atoms with E-state index in [1.807, 2.05) is 81.1 Å². The van der Waals surface area contributed by atoms with Gasteiger partial charge in [-0.1, -0.05) is 43.3 Å². The standard InChI is InChI=1S/C23H31N3O3/c1-6-26(15-21(27)24-16(2)3)22(18-10-8-7-9-11-18)23(28)25-19-14-17(4)12-13-20(19)29-5/h7-14,16,22H,6,15H2,1-5H3,(H,24,27)(H,25,28). The molecular formula is C23H31N3O3. The molecule has 0 aromatic heterocycles. The summed E-state index contributed by atoms with van der Waals surface area (Å²) in [7, 11) is 1.57. The van der Waals surface area contributed by atoms with E-state index in [1.54, 1.807) is 7.11 Å². The Balaban J connectivity index is 2.34. The van der Waals surface area contributed by atoms with Crippen LogP contribution in [-0.4, -0.2) is 43.0 Å². The van der Waals surface area contributed by atoms with Crippen LogP contribution in [0.15, 0.2) is 48.5 Å². The van der Waals surface area contributed by atoms with Crippen LogP contribution in [-0.2, 0) is 9.59 Å². The lowest BCUT2D eigenvalue weighted by atomic mass is 10.0. The number of nitrogens with zero attached hydrogens (tertiary/aromatic N) is 1. The smallest absolute Gasteiger partial charge is 0.246 e. The SMILES string of the molecule is CCN(CC(=O)NC(C)C)C(C(=O)Nc1cc(C)ccc1OC)c1ccccc1. The van der Waals surface area contributed by atoms with E-state index in [0.29, 0.717) is 18.0 Å². The van der Waals surface area contributed by atoms with Crippen LogP contribution in [0, 0.1) is 6.92 Å². The highest BCUT2D eigenvalue weighted by molar-refractivity contribution is 5.97. The van der Waals surface area contributed by atoms with Crippen LogP contribution in [0.5, 0.6) is 5.75 Å². The quantitative estimate of drug-likeness (QED) is 0.679. The highest BCUT2D eigenvalue weighted by Gasteiger charge is 2.29. The lowest BCUT2D eigenvalue weighted by Crippen LogP contribution is -2.44. The maximum Gasteiger partial charge on any atom is 0.246 e. The van der Waals surface area contributed by atoms with E-state index < -0.39 is 6.04 Å². The maximum absolute atomic E-state index is 13.4. The van der Waals surface area contributed by atoms with Crippen molar-refractivity contribution < 1.29 is 14.3 Å². The Morgan fingerprint density at radius 1 is 1.10 bits per heavy atom. The highest BCUT2D eigenvalue weighted by Crippen LogP contribution is 2.28. The molecule has 0 spiro atoms. The number of benzene rings is 2. The third kappa shape index (κ3) is 6.32. The zero-order chi connectivity index (χ0) is 21.4. The number of likely N-dealkylation sites (N-methyl/N-ethyl adjacent to an activating group) is 1. The van der Waals surface area contributed by atoms with Gasteiger partial charge >= 0.3 is 0 Å². The number of carbonyl (C=O) groups excluding carboxylic acids is 2. The number of methoxy groups -OCH3 is 1. The molecule has 29 heavy (non-hydrogen) atoms. The van der Waals surface area contributed by atoms with Crippen molar-refractivity contribution in [3.05, 3.63) is 59.7 Å². The molecule has 1 atom stereocenters. The summed E-state index contributed by atoms with van der Waals surface area (Å²) >= 11 is 0. The summed E-state index contributed by atoms with van der Waals surface area (Å²) in [5, 5.41) is 5.89. The lowest BCUT2D eigenvalue weighted by molar-refractivity contribution is -0.126. The average molecular weight is 398 g/mol. The van der Waals surface area contributed by atoms with Crippen LogP contribution in [0.25, 0.3) is 0 Å². The third-order valence-electron chi connectivity index (χ3n) is 4.54. The van der Waals surface area contributed by atoms with Crippen LogP contribution in [0.4, 0.5) is 5.69 Å². The van der Waals surface area contributed by atoms with Gasteiger partial charge in [0.15, 0.2) is 0 Å². The van der Waals surface area contributed by atoms with Crippen molar-refractivity contribution in [3.8, 4) is 5.75 Å². The first-order valence-corrected chi connectivity index (χ1v) is 9.89. The van der Waals surface area contributed by atoms with Gasteiger partial charge in [-0.3, -0.25) is 14.5 Å². The number of hydrogen-bond acceptors (Lipinski definition) is 4. The summed E-state index contributed by atoms with van der Waals surface area (Å²) in [6, 6.07) is 14.6. The van der Waals surface area contributed by atoms with Gasteiger partial charge in [-0.15, -0.1) is 0 Å². The molecule has 2 N–H and O–H groups in total. The minimum atomic E-state index is -0.607. The lowest BCUT2D eigenvalue weighted by Gasteiger charge is -2.30. The molecule has 6 heteroatoms. The van der Waals surface area contributed by atoms with Crippen LogP contribution in [0.2, 0.25) is 0 Å². The number of carbonyl (C=O) groups is 2. The number of nitrogens with one attached hydrogen (secondary N) is 2. The van der Waals surface area contributed by atoms with E-state index in [1.165, 1.54) is 0 Å². The molecule has 0 aliphatic carbocycles. The van der Waals surface area contributed by atoms with Crippen molar-refractivity contribution in [1.29, 1.82) is 0 Å². The predicted molar refractivity (Wildman–Crippen MR) is 116 cm³/mol.